The van der Waals surface area contributed by atoms with Crippen molar-refractivity contribution in [1.82, 2.24) is 0 Å². The lowest BCUT2D eigenvalue weighted by Crippen LogP contribution is -2.69. The van der Waals surface area contributed by atoms with Gasteiger partial charge < -0.3 is 148 Å². The highest BCUT2D eigenvalue weighted by atomic mass is 16.8. The minimum atomic E-state index is -3.01. The highest BCUT2D eigenvalue weighted by Crippen LogP contribution is 2.43. The van der Waals surface area contributed by atoms with Crippen LogP contribution >= 0.6 is 0 Å². The molecular formula is C59H74O34. The molecule has 34 nitrogen and oxygen atoms in total. The first-order valence-corrected chi connectivity index (χ1v) is 28.8. The van der Waals surface area contributed by atoms with Crippen LogP contribution in [0.4, 0.5) is 0 Å². The van der Waals surface area contributed by atoms with Gasteiger partial charge in [0.25, 0.3) is 0 Å². The van der Waals surface area contributed by atoms with E-state index in [4.69, 9.17) is 71.1 Å². The minimum Gasteiger partial charge on any atom is -0.504 e. The van der Waals surface area contributed by atoms with Crippen LogP contribution in [0.3, 0.4) is 0 Å². The highest BCUT2D eigenvalue weighted by molar-refractivity contribution is 5.90. The summed E-state index contributed by atoms with van der Waals surface area (Å²) in [4.78, 5) is 55.1. The quantitative estimate of drug-likeness (QED) is 0.0214. The fourth-order valence-corrected chi connectivity index (χ4v) is 10.6. The summed E-state index contributed by atoms with van der Waals surface area (Å²) in [5.41, 5.74) is 0.342. The van der Waals surface area contributed by atoms with Gasteiger partial charge in [-0.15, -0.1) is 0 Å². The van der Waals surface area contributed by atoms with E-state index in [-0.39, 0.29) is 39.7 Å². The van der Waals surface area contributed by atoms with Gasteiger partial charge in [0.15, 0.2) is 60.4 Å². The highest BCUT2D eigenvalue weighted by Gasteiger charge is 2.64. The van der Waals surface area contributed by atoms with E-state index < -0.39 is 210 Å². The zero-order valence-electron chi connectivity index (χ0n) is 49.6. The van der Waals surface area contributed by atoms with Gasteiger partial charge in [-0.25, -0.2) is 14.4 Å². The van der Waals surface area contributed by atoms with Crippen LogP contribution in [0.1, 0.15) is 28.4 Å². The van der Waals surface area contributed by atoms with E-state index in [2.05, 4.69) is 0 Å². The number of phenols is 2. The molecular weight excluding hydrogens is 1250 g/mol. The van der Waals surface area contributed by atoms with Crippen molar-refractivity contribution in [2.45, 2.75) is 154 Å². The maximum absolute atomic E-state index is 14.3. The summed E-state index contributed by atoms with van der Waals surface area (Å²) in [6.07, 6.45) is -45.1. The van der Waals surface area contributed by atoms with E-state index in [0.29, 0.717) is 0 Å². The summed E-state index contributed by atoms with van der Waals surface area (Å²) in [6.45, 7) is -5.62. The molecule has 24 atom stereocenters. The van der Waals surface area contributed by atoms with E-state index in [1.165, 1.54) is 87.0 Å². The summed E-state index contributed by atoms with van der Waals surface area (Å²) < 4.78 is 88.4. The molecule has 0 amide bonds. The number of carbonyl (C=O) groups excluding carboxylic acids is 4. The third-order valence-electron chi connectivity index (χ3n) is 15.5. The number of hydrogen-bond acceptors (Lipinski definition) is 34. The normalized spacial score (nSPS) is 36.3. The number of carbonyl (C=O) groups is 4. The van der Waals surface area contributed by atoms with Crippen LogP contribution in [0.2, 0.25) is 0 Å². The van der Waals surface area contributed by atoms with Crippen LogP contribution in [0.25, 0.3) is 12.2 Å². The largest absolute Gasteiger partial charge is 0.504 e. The van der Waals surface area contributed by atoms with Crippen LogP contribution in [0.5, 0.6) is 23.0 Å². The lowest BCUT2D eigenvalue weighted by molar-refractivity contribution is -0.423. The summed E-state index contributed by atoms with van der Waals surface area (Å²) in [6, 6.07) is 14.9. The number of aliphatic hydroxyl groups is 13. The molecule has 5 aliphatic rings. The molecule has 5 heterocycles. The summed E-state index contributed by atoms with van der Waals surface area (Å²) in [7, 11) is 2.52. The molecule has 5 saturated heterocycles. The molecule has 0 radical (unpaired) electrons. The molecule has 15 N–H and O–H groups in total. The van der Waals surface area contributed by atoms with Crippen LogP contribution in [0.15, 0.2) is 78.9 Å². The molecule has 5 fully saturated rings. The third-order valence-corrected chi connectivity index (χ3v) is 15.5. The molecule has 3 aromatic carbocycles. The number of benzene rings is 3. The van der Waals surface area contributed by atoms with Gasteiger partial charge in [0, 0.05) is 19.1 Å². The van der Waals surface area contributed by atoms with Crippen LogP contribution < -0.4 is 9.47 Å². The number of esters is 4. The molecule has 0 spiro atoms. The summed E-state index contributed by atoms with van der Waals surface area (Å²) in [5.74, 6) is -8.33. The van der Waals surface area contributed by atoms with Crippen LogP contribution in [-0.4, -0.2) is 301 Å². The number of aliphatic hydroxyl groups excluding tert-OH is 13. The number of methoxy groups -OCH3 is 2. The number of aromatic hydroxyl groups is 2. The number of hydrogen-bond donors (Lipinski definition) is 15. The van der Waals surface area contributed by atoms with Crippen LogP contribution in [-0.2, 0) is 76.0 Å². The Morgan fingerprint density at radius 3 is 1.49 bits per heavy atom. The molecule has 0 unspecified atom stereocenters. The lowest BCUT2D eigenvalue weighted by Gasteiger charge is -2.51. The van der Waals surface area contributed by atoms with Crippen molar-refractivity contribution in [3.05, 3.63) is 95.6 Å². The Balaban J connectivity index is 1.27. The van der Waals surface area contributed by atoms with Gasteiger partial charge in [-0.2, -0.15) is 0 Å². The first kappa shape index (κ1) is 72.2. The fraction of sp³-hybridized carbons (Fsp3) is 0.559. The van der Waals surface area contributed by atoms with E-state index in [9.17, 15) is 95.8 Å². The zero-order chi connectivity index (χ0) is 67.6. The van der Waals surface area contributed by atoms with Crippen molar-refractivity contribution in [2.24, 2.45) is 0 Å². The van der Waals surface area contributed by atoms with E-state index in [1.807, 2.05) is 0 Å². The predicted molar refractivity (Wildman–Crippen MR) is 301 cm³/mol. The topological polar surface area (TPSA) is 510 Å². The van der Waals surface area contributed by atoms with Gasteiger partial charge in [0.1, 0.15) is 117 Å². The average molecular weight is 1330 g/mol. The first-order valence-electron chi connectivity index (χ1n) is 28.8. The summed E-state index contributed by atoms with van der Waals surface area (Å²) in [5, 5.41) is 164. The SMILES string of the molecule is COc1cc(/C=C/C(=O)OC[C@@]2(O[C@H]3O[C@H](COC(C)=O)[C@@H](OC(=O)/C=C/c4ccc(O)c(OC)c4)[C@H](O[C@H]4O[C@H](CO)[C@@H](O[C@@H]5O[C@H](CO)[C@@H](O)[C@H](O)[C@H]5O)[C@H](O)[C@H]4O)[C@H]3O[C@@H]3O[C@H](CO)[C@@H](O)[C@H](O)[C@H]3O)O[C@H](CO)[C@@H](O)[C@@H]2OC(=O)c2ccccc2)ccc1O. The van der Waals surface area contributed by atoms with Crippen molar-refractivity contribution in [1.29, 1.82) is 0 Å². The Labute approximate surface area is 527 Å². The second-order valence-corrected chi connectivity index (χ2v) is 21.7. The molecule has 0 saturated carbocycles. The second kappa shape index (κ2) is 32.2. The molecule has 8 rings (SSSR count). The molecule has 3 aromatic rings. The molecule has 93 heavy (non-hydrogen) atoms. The average Bonchev–Trinajstić information content (AvgIpc) is 1.72. The number of ether oxygens (including phenoxy) is 15. The molecule has 34 heteroatoms. The fourth-order valence-electron chi connectivity index (χ4n) is 10.6. The second-order valence-electron chi connectivity index (χ2n) is 21.7. The Morgan fingerprint density at radius 1 is 0.495 bits per heavy atom. The maximum Gasteiger partial charge on any atom is 0.338 e. The van der Waals surface area contributed by atoms with Gasteiger partial charge in [0.2, 0.25) is 5.79 Å². The van der Waals surface area contributed by atoms with E-state index >= 15 is 0 Å². The van der Waals surface area contributed by atoms with Gasteiger partial charge in [-0.05, 0) is 59.7 Å². The maximum atomic E-state index is 14.3. The van der Waals surface area contributed by atoms with E-state index in [1.54, 1.807) is 6.07 Å². The van der Waals surface area contributed by atoms with Gasteiger partial charge >= 0.3 is 23.9 Å². The van der Waals surface area contributed by atoms with Gasteiger partial charge in [-0.1, -0.05) is 30.3 Å². The van der Waals surface area contributed by atoms with Crippen molar-refractivity contribution in [2.75, 3.05) is 53.9 Å². The van der Waals surface area contributed by atoms with Crippen molar-refractivity contribution in [3.63, 3.8) is 0 Å². The van der Waals surface area contributed by atoms with Crippen molar-refractivity contribution >= 4 is 36.0 Å². The third kappa shape index (κ3) is 16.7. The lowest BCUT2D eigenvalue weighted by atomic mass is 9.95. The molecule has 5 aliphatic heterocycles. The Morgan fingerprint density at radius 2 is 0.978 bits per heavy atom. The Hall–Kier alpha value is -6.66. The van der Waals surface area contributed by atoms with Gasteiger partial charge in [0.05, 0.1) is 46.2 Å². The predicted octanol–water partition coefficient (Wildman–Crippen LogP) is -5.53. The van der Waals surface area contributed by atoms with Crippen molar-refractivity contribution in [3.8, 4) is 23.0 Å². The molecule has 514 valence electrons. The summed E-state index contributed by atoms with van der Waals surface area (Å²) >= 11 is 0. The minimum absolute atomic E-state index is 0.00850. The molecule has 0 aliphatic carbocycles. The van der Waals surface area contributed by atoms with E-state index in [0.717, 1.165) is 19.1 Å². The van der Waals surface area contributed by atoms with Gasteiger partial charge in [-0.3, -0.25) is 4.79 Å². The Bertz CT molecular complexity index is 3020. The number of phenolic OH excluding ortho intramolecular Hbond substituents is 2. The Kier molecular flexibility index (Phi) is 25.0. The molecule has 0 bridgehead atoms. The standard InChI is InChI=1S/C59H74O34/c1-25(64)81-23-37-50(87-39(68)16-12-27-10-14-30(66)32(18-27)80-3)51(89-57-48(77)45(74)49(36(22-63)85-57)88-55-46(75)43(72)40(69)33(19-60)83-55)52(90-56-47(76)44(73)41(70)34(20-61)84-56)58(86-37)93-59(24-82-38(67)15-11-26-9-13-29(65)31(17-26)79-2)53(42(71)35(21-62)92-59)91-54(78)28-7-5-4-6-8-28/h4-18,33-37,40-53,55-58,60-63,65-66,69-77H,19-24H2,1-3H3/b15-11+,16-12+/t33-,34-,35-,36-,37-,40-,41-,42-,43+,44+,45-,46-,47-,48-,49-,50-,51+,52-,53+,55+,56+,57-,58-,59+/m1/s1. The smallest absolute Gasteiger partial charge is 0.338 e. The monoisotopic (exact) mass is 1330 g/mol. The molecule has 0 aromatic heterocycles. The zero-order valence-corrected chi connectivity index (χ0v) is 49.6. The van der Waals surface area contributed by atoms with Crippen molar-refractivity contribution < 1.29 is 167 Å². The van der Waals surface area contributed by atoms with Crippen LogP contribution in [0, 0.1) is 0 Å². The number of rotatable bonds is 25. The first-order chi connectivity index (χ1) is 44.4.